The van der Waals surface area contributed by atoms with E-state index >= 15 is 0 Å². The molecule has 2 heterocycles. The SMILES string of the molecule is CC1CCCCN1[Si]1(C)O[Si](C)(C)O[Si](C)(C)O[Si](C)(C)O1. The van der Waals surface area contributed by atoms with E-state index in [0.717, 1.165) is 6.54 Å². The Bertz CT molecular complexity index is 397. The number of rotatable bonds is 1. The van der Waals surface area contributed by atoms with E-state index < -0.39 is 34.4 Å². The van der Waals surface area contributed by atoms with Gasteiger partial charge in [-0.1, -0.05) is 13.3 Å². The van der Waals surface area contributed by atoms with Crippen LogP contribution in [0.1, 0.15) is 26.2 Å². The van der Waals surface area contributed by atoms with Crippen molar-refractivity contribution in [2.45, 2.75) is 78.1 Å². The van der Waals surface area contributed by atoms with E-state index in [0.29, 0.717) is 6.04 Å². The van der Waals surface area contributed by atoms with Crippen LogP contribution in [0.25, 0.3) is 0 Å². The molecular formula is C13H33NO4Si4. The molecule has 0 aliphatic carbocycles. The van der Waals surface area contributed by atoms with Gasteiger partial charge >= 0.3 is 34.4 Å². The Morgan fingerprint density at radius 1 is 0.727 bits per heavy atom. The summed E-state index contributed by atoms with van der Waals surface area (Å²) in [7, 11) is -9.21. The van der Waals surface area contributed by atoms with Crippen molar-refractivity contribution in [2.75, 3.05) is 6.54 Å². The van der Waals surface area contributed by atoms with Gasteiger partial charge in [-0.15, -0.1) is 0 Å². The van der Waals surface area contributed by atoms with Crippen LogP contribution in [-0.4, -0.2) is 51.6 Å². The lowest BCUT2D eigenvalue weighted by molar-refractivity contribution is 0.144. The average molecular weight is 380 g/mol. The van der Waals surface area contributed by atoms with E-state index in [1.54, 1.807) is 0 Å². The Morgan fingerprint density at radius 2 is 1.18 bits per heavy atom. The molecule has 2 saturated heterocycles. The minimum atomic E-state index is -2.49. The van der Waals surface area contributed by atoms with Gasteiger partial charge in [0.2, 0.25) is 0 Å². The lowest BCUT2D eigenvalue weighted by atomic mass is 10.1. The van der Waals surface area contributed by atoms with E-state index in [1.165, 1.54) is 19.3 Å². The molecule has 22 heavy (non-hydrogen) atoms. The summed E-state index contributed by atoms with van der Waals surface area (Å²) in [5.74, 6) is 0. The van der Waals surface area contributed by atoms with Gasteiger partial charge in [0.25, 0.3) is 0 Å². The number of hydrogen-bond acceptors (Lipinski definition) is 5. The second kappa shape index (κ2) is 6.19. The molecule has 5 nitrogen and oxygen atoms in total. The number of piperidine rings is 1. The lowest BCUT2D eigenvalue weighted by Gasteiger charge is -2.52. The Labute approximate surface area is 140 Å². The molecule has 0 aromatic rings. The first-order valence-corrected chi connectivity index (χ1v) is 19.1. The molecule has 2 aliphatic heterocycles. The molecule has 0 spiro atoms. The molecule has 9 heteroatoms. The summed E-state index contributed by atoms with van der Waals surface area (Å²) in [6.07, 6.45) is 3.75. The minimum Gasteiger partial charge on any atom is -0.416 e. The second-order valence-corrected chi connectivity index (χ2v) is 22.1. The number of hydrogen-bond donors (Lipinski definition) is 0. The third-order valence-corrected chi connectivity index (χ3v) is 20.7. The van der Waals surface area contributed by atoms with Gasteiger partial charge in [0.05, 0.1) is 0 Å². The maximum Gasteiger partial charge on any atom is 0.407 e. The van der Waals surface area contributed by atoms with E-state index in [4.69, 9.17) is 16.5 Å². The highest BCUT2D eigenvalue weighted by Crippen LogP contribution is 2.34. The molecule has 1 unspecified atom stereocenters. The van der Waals surface area contributed by atoms with E-state index in [9.17, 15) is 0 Å². The highest BCUT2D eigenvalue weighted by Gasteiger charge is 2.56. The van der Waals surface area contributed by atoms with Crippen LogP contribution in [0.4, 0.5) is 0 Å². The molecule has 0 bridgehead atoms. The van der Waals surface area contributed by atoms with Gasteiger partial charge in [-0.2, -0.15) is 0 Å². The smallest absolute Gasteiger partial charge is 0.407 e. The molecule has 2 rings (SSSR count). The first-order valence-electron chi connectivity index (χ1n) is 8.42. The maximum atomic E-state index is 6.70. The largest absolute Gasteiger partial charge is 0.416 e. The molecule has 0 radical (unpaired) electrons. The fourth-order valence-electron chi connectivity index (χ4n) is 4.00. The topological polar surface area (TPSA) is 40.2 Å². The van der Waals surface area contributed by atoms with E-state index in [-0.39, 0.29) is 0 Å². The lowest BCUT2D eigenvalue weighted by Crippen LogP contribution is -2.72. The third kappa shape index (κ3) is 4.60. The second-order valence-electron chi connectivity index (χ2n) is 8.04. The van der Waals surface area contributed by atoms with Crippen LogP contribution in [0.2, 0.25) is 45.8 Å². The molecule has 0 aromatic heterocycles. The van der Waals surface area contributed by atoms with Crippen LogP contribution >= 0.6 is 0 Å². The quantitative estimate of drug-likeness (QED) is 0.651. The van der Waals surface area contributed by atoms with Gasteiger partial charge < -0.3 is 16.5 Å². The van der Waals surface area contributed by atoms with Crippen molar-refractivity contribution in [3.05, 3.63) is 0 Å². The molecule has 0 amide bonds. The van der Waals surface area contributed by atoms with Crippen LogP contribution < -0.4 is 0 Å². The van der Waals surface area contributed by atoms with Crippen LogP contribution in [-0.2, 0) is 16.5 Å². The van der Waals surface area contributed by atoms with Gasteiger partial charge in [-0.05, 0) is 65.2 Å². The van der Waals surface area contributed by atoms with E-state index in [1.807, 2.05) is 0 Å². The summed E-state index contributed by atoms with van der Waals surface area (Å²) in [6, 6.07) is 0.518. The molecule has 130 valence electrons. The van der Waals surface area contributed by atoms with Crippen LogP contribution in [0.5, 0.6) is 0 Å². The monoisotopic (exact) mass is 379 g/mol. The normalized spacial score (nSPS) is 34.6. The molecular weight excluding hydrogens is 346 g/mol. The highest BCUT2D eigenvalue weighted by molar-refractivity contribution is 6.92. The summed E-state index contributed by atoms with van der Waals surface area (Å²) in [6.45, 7) is 18.3. The predicted molar refractivity (Wildman–Crippen MR) is 98.4 cm³/mol. The van der Waals surface area contributed by atoms with Gasteiger partial charge in [-0.25, -0.2) is 0 Å². The van der Waals surface area contributed by atoms with Crippen molar-refractivity contribution < 1.29 is 16.5 Å². The summed E-state index contributed by atoms with van der Waals surface area (Å²) < 4.78 is 28.7. The molecule has 0 saturated carbocycles. The van der Waals surface area contributed by atoms with Crippen molar-refractivity contribution in [1.82, 2.24) is 4.57 Å². The molecule has 2 aliphatic rings. The standard InChI is InChI=1S/C13H33NO4Si4/c1-13-11-9-10-12-14(13)22(8)17-20(4,5)15-19(2,3)16-21(6,7)18-22/h13H,9-12H2,1-8H3. The van der Waals surface area contributed by atoms with E-state index in [2.05, 4.69) is 57.3 Å². The highest BCUT2D eigenvalue weighted by atomic mass is 28.5. The zero-order valence-electron chi connectivity index (χ0n) is 15.5. The average Bonchev–Trinajstić information content (AvgIpc) is 2.21. The zero-order chi connectivity index (χ0) is 16.8. The Hall–Kier alpha value is 0.668. The molecule has 1 atom stereocenters. The maximum absolute atomic E-state index is 6.70. The molecule has 0 N–H and O–H groups in total. The van der Waals surface area contributed by atoms with Crippen molar-refractivity contribution in [1.29, 1.82) is 0 Å². The summed E-state index contributed by atoms with van der Waals surface area (Å²) >= 11 is 0. The van der Waals surface area contributed by atoms with Gasteiger partial charge in [0.15, 0.2) is 0 Å². The Balaban J connectivity index is 2.32. The van der Waals surface area contributed by atoms with Gasteiger partial charge in [0, 0.05) is 6.04 Å². The van der Waals surface area contributed by atoms with Gasteiger partial charge in [-0.3, -0.25) is 4.57 Å². The Morgan fingerprint density at radius 3 is 1.64 bits per heavy atom. The van der Waals surface area contributed by atoms with Crippen LogP contribution in [0, 0.1) is 0 Å². The van der Waals surface area contributed by atoms with Crippen LogP contribution in [0.3, 0.4) is 0 Å². The fraction of sp³-hybridized carbons (Fsp3) is 1.00. The van der Waals surface area contributed by atoms with Crippen molar-refractivity contribution in [3.63, 3.8) is 0 Å². The summed E-state index contributed by atoms with van der Waals surface area (Å²) in [5.41, 5.74) is 0. The fourth-order valence-corrected chi connectivity index (χ4v) is 25.4. The molecule has 2 fully saturated rings. The first-order chi connectivity index (χ1) is 9.84. The zero-order valence-corrected chi connectivity index (χ0v) is 19.5. The van der Waals surface area contributed by atoms with Crippen molar-refractivity contribution in [2.24, 2.45) is 0 Å². The van der Waals surface area contributed by atoms with Crippen molar-refractivity contribution >= 4 is 34.4 Å². The first kappa shape index (κ1) is 19.0. The molecule has 0 aromatic carbocycles. The third-order valence-electron chi connectivity index (χ3n) is 4.18. The van der Waals surface area contributed by atoms with Crippen LogP contribution in [0.15, 0.2) is 0 Å². The minimum absolute atomic E-state index is 0.518. The summed E-state index contributed by atoms with van der Waals surface area (Å²) in [4.78, 5) is 0. The van der Waals surface area contributed by atoms with Crippen molar-refractivity contribution in [3.8, 4) is 0 Å². The summed E-state index contributed by atoms with van der Waals surface area (Å²) in [5, 5.41) is 0. The van der Waals surface area contributed by atoms with Gasteiger partial charge in [0.1, 0.15) is 0 Å². The number of nitrogens with zero attached hydrogens (tertiary/aromatic N) is 1. The Kier molecular flexibility index (Phi) is 5.35. The predicted octanol–water partition coefficient (Wildman–Crippen LogP) is 3.61.